The van der Waals surface area contributed by atoms with Crippen molar-refractivity contribution in [2.75, 3.05) is 32.9 Å². The fourth-order valence-electron chi connectivity index (χ4n) is 1.50. The number of benzene rings is 1. The number of hydrogen-bond acceptors (Lipinski definition) is 6. The number of ether oxygens (including phenoxy) is 1. The molecule has 0 aliphatic carbocycles. The standard InChI is InChI=1S/C16H22N2O4/c1-3-20-16(19)13-18-12-15-7-5-14(6-8-15)11-17-9-10-22-21-4-2/h5-8,11-12H,3-4,9-10,13H2,1-2H3. The van der Waals surface area contributed by atoms with Crippen molar-refractivity contribution in [2.45, 2.75) is 13.8 Å². The summed E-state index contributed by atoms with van der Waals surface area (Å²) in [6.07, 6.45) is 3.42. The molecule has 22 heavy (non-hydrogen) atoms. The molecule has 0 radical (unpaired) electrons. The maximum Gasteiger partial charge on any atom is 0.327 e. The van der Waals surface area contributed by atoms with Crippen LogP contribution in [0.1, 0.15) is 25.0 Å². The van der Waals surface area contributed by atoms with Crippen LogP contribution in [0.5, 0.6) is 0 Å². The molecule has 1 aromatic rings. The molecule has 1 aromatic carbocycles. The average Bonchev–Trinajstić information content (AvgIpc) is 2.52. The van der Waals surface area contributed by atoms with Crippen molar-refractivity contribution in [3.05, 3.63) is 35.4 Å². The van der Waals surface area contributed by atoms with Gasteiger partial charge in [-0.2, -0.15) is 0 Å². The van der Waals surface area contributed by atoms with Crippen molar-refractivity contribution in [1.29, 1.82) is 0 Å². The maximum atomic E-state index is 11.1. The van der Waals surface area contributed by atoms with E-state index in [1.807, 2.05) is 31.2 Å². The van der Waals surface area contributed by atoms with Gasteiger partial charge in [0.25, 0.3) is 0 Å². The Labute approximate surface area is 130 Å². The molecular formula is C16H22N2O4. The third-order valence-electron chi connectivity index (χ3n) is 2.45. The number of nitrogens with zero attached hydrogens (tertiary/aromatic N) is 2. The van der Waals surface area contributed by atoms with E-state index >= 15 is 0 Å². The van der Waals surface area contributed by atoms with Gasteiger partial charge in [0.1, 0.15) is 13.2 Å². The fourth-order valence-corrected chi connectivity index (χ4v) is 1.50. The second kappa shape index (κ2) is 11.6. The van der Waals surface area contributed by atoms with Gasteiger partial charge in [0.05, 0.1) is 19.8 Å². The van der Waals surface area contributed by atoms with E-state index in [0.717, 1.165) is 11.1 Å². The summed E-state index contributed by atoms with van der Waals surface area (Å²) >= 11 is 0. The topological polar surface area (TPSA) is 69.5 Å². The zero-order valence-electron chi connectivity index (χ0n) is 13.0. The van der Waals surface area contributed by atoms with Gasteiger partial charge in [-0.15, -0.1) is 0 Å². The van der Waals surface area contributed by atoms with Gasteiger partial charge in [-0.3, -0.25) is 14.8 Å². The molecule has 0 aliphatic rings. The van der Waals surface area contributed by atoms with Crippen molar-refractivity contribution in [3.8, 4) is 0 Å². The fraction of sp³-hybridized carbons (Fsp3) is 0.438. The van der Waals surface area contributed by atoms with Gasteiger partial charge in [-0.05, 0) is 25.0 Å². The van der Waals surface area contributed by atoms with Crippen molar-refractivity contribution < 1.29 is 19.3 Å². The number of esters is 1. The Kier molecular flexibility index (Phi) is 9.48. The van der Waals surface area contributed by atoms with Gasteiger partial charge in [0, 0.05) is 12.4 Å². The molecule has 0 aliphatic heterocycles. The highest BCUT2D eigenvalue weighted by atomic mass is 17.2. The average molecular weight is 306 g/mol. The van der Waals surface area contributed by atoms with Crippen LogP contribution in [-0.2, 0) is 19.3 Å². The van der Waals surface area contributed by atoms with Crippen LogP contribution in [0.15, 0.2) is 34.3 Å². The first-order valence-corrected chi connectivity index (χ1v) is 7.26. The highest BCUT2D eigenvalue weighted by Crippen LogP contribution is 2.00. The smallest absolute Gasteiger partial charge is 0.327 e. The zero-order valence-corrected chi connectivity index (χ0v) is 13.0. The lowest BCUT2D eigenvalue weighted by atomic mass is 10.1. The van der Waals surface area contributed by atoms with Crippen LogP contribution in [0.25, 0.3) is 0 Å². The number of aliphatic imine (C=N–C) groups is 2. The normalized spacial score (nSPS) is 11.4. The molecule has 0 fully saturated rings. The van der Waals surface area contributed by atoms with E-state index in [2.05, 4.69) is 9.98 Å². The summed E-state index contributed by atoms with van der Waals surface area (Å²) in [7, 11) is 0. The first-order valence-electron chi connectivity index (χ1n) is 7.26. The maximum absolute atomic E-state index is 11.1. The number of carbonyl (C=O) groups excluding carboxylic acids is 1. The van der Waals surface area contributed by atoms with E-state index in [-0.39, 0.29) is 12.5 Å². The van der Waals surface area contributed by atoms with E-state index in [4.69, 9.17) is 14.5 Å². The van der Waals surface area contributed by atoms with Gasteiger partial charge < -0.3 is 4.74 Å². The van der Waals surface area contributed by atoms with E-state index in [9.17, 15) is 4.79 Å². The molecule has 0 saturated heterocycles. The monoisotopic (exact) mass is 306 g/mol. The first kappa shape index (κ1) is 18.0. The van der Waals surface area contributed by atoms with Crippen LogP contribution in [0.3, 0.4) is 0 Å². The third-order valence-corrected chi connectivity index (χ3v) is 2.45. The molecule has 120 valence electrons. The summed E-state index contributed by atoms with van der Waals surface area (Å²) in [4.78, 5) is 29.0. The summed E-state index contributed by atoms with van der Waals surface area (Å²) in [6.45, 7) is 5.55. The summed E-state index contributed by atoms with van der Waals surface area (Å²) < 4.78 is 4.79. The Balaban J connectivity index is 2.34. The highest BCUT2D eigenvalue weighted by Gasteiger charge is 1.97. The van der Waals surface area contributed by atoms with Crippen LogP contribution in [0, 0.1) is 0 Å². The Bertz CT molecular complexity index is 483. The van der Waals surface area contributed by atoms with Crippen molar-refractivity contribution >= 4 is 18.4 Å². The predicted molar refractivity (Wildman–Crippen MR) is 85.6 cm³/mol. The Hall–Kier alpha value is -2.05. The van der Waals surface area contributed by atoms with Gasteiger partial charge in [-0.1, -0.05) is 24.3 Å². The van der Waals surface area contributed by atoms with E-state index in [0.29, 0.717) is 26.4 Å². The van der Waals surface area contributed by atoms with Gasteiger partial charge >= 0.3 is 5.97 Å². The van der Waals surface area contributed by atoms with Crippen LogP contribution in [0.4, 0.5) is 0 Å². The summed E-state index contributed by atoms with van der Waals surface area (Å²) in [6, 6.07) is 7.68. The molecule has 0 spiro atoms. The van der Waals surface area contributed by atoms with Gasteiger partial charge in [0.2, 0.25) is 0 Å². The van der Waals surface area contributed by atoms with Crippen molar-refractivity contribution in [1.82, 2.24) is 0 Å². The van der Waals surface area contributed by atoms with Crippen LogP contribution < -0.4 is 0 Å². The molecule has 1 rings (SSSR count). The number of hydrogen-bond donors (Lipinski definition) is 0. The molecular weight excluding hydrogens is 284 g/mol. The SMILES string of the molecule is CCOOCCN=Cc1ccc(C=NCC(=O)OCC)cc1. The largest absolute Gasteiger partial charge is 0.465 e. The van der Waals surface area contributed by atoms with E-state index < -0.39 is 0 Å². The van der Waals surface area contributed by atoms with Crippen molar-refractivity contribution in [2.24, 2.45) is 9.98 Å². The predicted octanol–water partition coefficient (Wildman–Crippen LogP) is 2.06. The summed E-state index contributed by atoms with van der Waals surface area (Å²) in [5, 5.41) is 0. The molecule has 0 bridgehead atoms. The number of carbonyl (C=O) groups is 1. The minimum Gasteiger partial charge on any atom is -0.465 e. The molecule has 6 heteroatoms. The molecule has 0 heterocycles. The van der Waals surface area contributed by atoms with E-state index in [1.165, 1.54) is 0 Å². The molecule has 0 aromatic heterocycles. The van der Waals surface area contributed by atoms with Gasteiger partial charge in [0.15, 0.2) is 0 Å². The van der Waals surface area contributed by atoms with E-state index in [1.54, 1.807) is 19.4 Å². The lowest BCUT2D eigenvalue weighted by Gasteiger charge is -1.99. The highest BCUT2D eigenvalue weighted by molar-refractivity contribution is 5.85. The Morgan fingerprint density at radius 1 is 1.00 bits per heavy atom. The molecule has 0 saturated carbocycles. The van der Waals surface area contributed by atoms with Gasteiger partial charge in [-0.25, -0.2) is 9.78 Å². The molecule has 0 amide bonds. The zero-order chi connectivity index (χ0) is 16.0. The minimum atomic E-state index is -0.322. The second-order valence-corrected chi connectivity index (χ2v) is 4.21. The quantitative estimate of drug-likeness (QED) is 0.218. The first-order chi connectivity index (χ1) is 10.8. The Morgan fingerprint density at radius 2 is 1.64 bits per heavy atom. The molecule has 0 unspecified atom stereocenters. The van der Waals surface area contributed by atoms with Crippen LogP contribution >= 0.6 is 0 Å². The van der Waals surface area contributed by atoms with Crippen LogP contribution in [-0.4, -0.2) is 51.3 Å². The lowest BCUT2D eigenvalue weighted by molar-refractivity contribution is -0.288. The second-order valence-electron chi connectivity index (χ2n) is 4.21. The van der Waals surface area contributed by atoms with Crippen LogP contribution in [0.2, 0.25) is 0 Å². The molecule has 0 atom stereocenters. The summed E-state index contributed by atoms with van der Waals surface area (Å²) in [5.41, 5.74) is 1.90. The molecule has 6 nitrogen and oxygen atoms in total. The minimum absolute atomic E-state index is 0.0386. The summed E-state index contributed by atoms with van der Waals surface area (Å²) in [5.74, 6) is -0.322. The third kappa shape index (κ3) is 8.28. The van der Waals surface area contributed by atoms with Crippen molar-refractivity contribution in [3.63, 3.8) is 0 Å². The Morgan fingerprint density at radius 3 is 2.23 bits per heavy atom. The lowest BCUT2D eigenvalue weighted by Crippen LogP contribution is -2.07. The number of rotatable bonds is 10. The molecule has 0 N–H and O–H groups in total.